The van der Waals surface area contributed by atoms with E-state index in [2.05, 4.69) is 19.2 Å². The molecule has 1 aliphatic rings. The minimum Gasteiger partial charge on any atom is -0.473 e. The van der Waals surface area contributed by atoms with Crippen molar-refractivity contribution in [3.05, 3.63) is 6.20 Å². The van der Waals surface area contributed by atoms with Gasteiger partial charge in [0.1, 0.15) is 18.9 Å². The van der Waals surface area contributed by atoms with Crippen molar-refractivity contribution < 1.29 is 9.84 Å². The highest BCUT2D eigenvalue weighted by Gasteiger charge is 2.12. The maximum absolute atomic E-state index is 9.72. The standard InChI is InChI=1S/C10H18N4O2S/c15-9(8-16-10-7-12-17-13-10)6-11-14-4-2-1-3-5-14/h7,9,11,15H,1-6,8H2. The number of nitrogens with zero attached hydrogens (tertiary/aromatic N) is 3. The van der Waals surface area contributed by atoms with Gasteiger partial charge in [-0.05, 0) is 12.8 Å². The molecule has 1 aromatic heterocycles. The maximum atomic E-state index is 9.72. The summed E-state index contributed by atoms with van der Waals surface area (Å²) in [6.07, 6.45) is 4.78. The van der Waals surface area contributed by atoms with Crippen molar-refractivity contribution in [1.29, 1.82) is 0 Å². The predicted molar refractivity (Wildman–Crippen MR) is 64.8 cm³/mol. The molecule has 96 valence electrons. The number of aliphatic hydroxyl groups is 1. The Labute approximate surface area is 105 Å². The van der Waals surface area contributed by atoms with Crippen molar-refractivity contribution in [2.75, 3.05) is 26.2 Å². The summed E-state index contributed by atoms with van der Waals surface area (Å²) in [6, 6.07) is 0. The highest BCUT2D eigenvalue weighted by atomic mass is 32.1. The molecule has 1 aliphatic heterocycles. The van der Waals surface area contributed by atoms with Gasteiger partial charge in [-0.25, -0.2) is 5.01 Å². The molecule has 0 aliphatic carbocycles. The molecule has 0 radical (unpaired) electrons. The fourth-order valence-electron chi connectivity index (χ4n) is 1.75. The first-order valence-electron chi connectivity index (χ1n) is 5.91. The van der Waals surface area contributed by atoms with Crippen LogP contribution in [-0.4, -0.2) is 51.2 Å². The summed E-state index contributed by atoms with van der Waals surface area (Å²) in [5.74, 6) is 0.479. The zero-order valence-corrected chi connectivity index (χ0v) is 10.5. The average Bonchev–Trinajstić information content (AvgIpc) is 2.88. The summed E-state index contributed by atoms with van der Waals surface area (Å²) in [4.78, 5) is 0. The van der Waals surface area contributed by atoms with Gasteiger partial charge in [0.05, 0.1) is 11.7 Å². The van der Waals surface area contributed by atoms with E-state index in [4.69, 9.17) is 4.74 Å². The van der Waals surface area contributed by atoms with Gasteiger partial charge < -0.3 is 9.84 Å². The summed E-state index contributed by atoms with van der Waals surface area (Å²) < 4.78 is 13.0. The van der Waals surface area contributed by atoms with Crippen molar-refractivity contribution in [2.24, 2.45) is 0 Å². The second-order valence-electron chi connectivity index (χ2n) is 4.12. The summed E-state index contributed by atoms with van der Waals surface area (Å²) >= 11 is 1.10. The number of hydrogen-bond donors (Lipinski definition) is 2. The predicted octanol–water partition coefficient (Wildman–Crippen LogP) is 0.268. The number of nitrogens with one attached hydrogen (secondary N) is 1. The van der Waals surface area contributed by atoms with Crippen molar-refractivity contribution >= 4 is 11.7 Å². The minimum atomic E-state index is -0.529. The number of hydrazine groups is 1. The maximum Gasteiger partial charge on any atom is 0.245 e. The van der Waals surface area contributed by atoms with Crippen molar-refractivity contribution in [3.63, 3.8) is 0 Å². The first-order valence-corrected chi connectivity index (χ1v) is 6.64. The molecule has 17 heavy (non-hydrogen) atoms. The molecule has 2 heterocycles. The topological polar surface area (TPSA) is 70.5 Å². The van der Waals surface area contributed by atoms with E-state index in [0.29, 0.717) is 12.4 Å². The summed E-state index contributed by atoms with van der Waals surface area (Å²) in [6.45, 7) is 2.87. The Hall–Kier alpha value is -0.760. The summed E-state index contributed by atoms with van der Waals surface area (Å²) in [5, 5.41) is 11.9. The van der Waals surface area contributed by atoms with Gasteiger partial charge in [-0.3, -0.25) is 5.43 Å². The van der Waals surface area contributed by atoms with Gasteiger partial charge in [0.15, 0.2) is 0 Å². The monoisotopic (exact) mass is 258 g/mol. The van der Waals surface area contributed by atoms with E-state index in [1.807, 2.05) is 0 Å². The molecule has 2 N–H and O–H groups in total. The zero-order chi connectivity index (χ0) is 11.9. The molecule has 0 spiro atoms. The Morgan fingerprint density at radius 2 is 2.29 bits per heavy atom. The van der Waals surface area contributed by atoms with Crippen LogP contribution in [0, 0.1) is 0 Å². The molecule has 1 aromatic rings. The molecule has 1 saturated heterocycles. The molecule has 1 fully saturated rings. The van der Waals surface area contributed by atoms with E-state index in [9.17, 15) is 5.11 Å². The third kappa shape index (κ3) is 4.55. The quantitative estimate of drug-likeness (QED) is 0.763. The van der Waals surface area contributed by atoms with E-state index in [0.717, 1.165) is 24.8 Å². The molecule has 0 saturated carbocycles. The highest BCUT2D eigenvalue weighted by molar-refractivity contribution is 6.99. The lowest BCUT2D eigenvalue weighted by molar-refractivity contribution is 0.0673. The van der Waals surface area contributed by atoms with Crippen molar-refractivity contribution in [1.82, 2.24) is 19.2 Å². The number of ether oxygens (including phenoxy) is 1. The van der Waals surface area contributed by atoms with Crippen LogP contribution in [0.5, 0.6) is 5.88 Å². The first-order chi connectivity index (χ1) is 8.34. The number of aromatic nitrogens is 2. The van der Waals surface area contributed by atoms with Crippen LogP contribution in [0.3, 0.4) is 0 Å². The zero-order valence-electron chi connectivity index (χ0n) is 9.71. The van der Waals surface area contributed by atoms with E-state index in [1.165, 1.54) is 19.3 Å². The Bertz CT molecular complexity index is 303. The number of hydrogen-bond acceptors (Lipinski definition) is 7. The minimum absolute atomic E-state index is 0.242. The van der Waals surface area contributed by atoms with Crippen LogP contribution in [0.25, 0.3) is 0 Å². The van der Waals surface area contributed by atoms with Gasteiger partial charge >= 0.3 is 0 Å². The number of aliphatic hydroxyl groups excluding tert-OH is 1. The van der Waals surface area contributed by atoms with Gasteiger partial charge in [0.2, 0.25) is 5.88 Å². The van der Waals surface area contributed by atoms with Gasteiger partial charge in [-0.1, -0.05) is 6.42 Å². The van der Waals surface area contributed by atoms with Crippen LogP contribution in [0.15, 0.2) is 6.20 Å². The van der Waals surface area contributed by atoms with Crippen molar-refractivity contribution in [2.45, 2.75) is 25.4 Å². The van der Waals surface area contributed by atoms with Crippen LogP contribution < -0.4 is 10.2 Å². The van der Waals surface area contributed by atoms with Crippen molar-refractivity contribution in [3.8, 4) is 5.88 Å². The van der Waals surface area contributed by atoms with E-state index >= 15 is 0 Å². The van der Waals surface area contributed by atoms with E-state index in [1.54, 1.807) is 6.20 Å². The Morgan fingerprint density at radius 1 is 1.47 bits per heavy atom. The second-order valence-corrected chi connectivity index (χ2v) is 4.68. The average molecular weight is 258 g/mol. The first kappa shape index (κ1) is 12.7. The normalized spacial score (nSPS) is 19.1. The summed E-state index contributed by atoms with van der Waals surface area (Å²) in [5.41, 5.74) is 3.22. The van der Waals surface area contributed by atoms with Gasteiger partial charge in [-0.2, -0.15) is 4.37 Å². The van der Waals surface area contributed by atoms with Gasteiger partial charge in [0.25, 0.3) is 0 Å². The number of rotatable bonds is 6. The van der Waals surface area contributed by atoms with Crippen LogP contribution in [0.4, 0.5) is 0 Å². The fraction of sp³-hybridized carbons (Fsp3) is 0.800. The lowest BCUT2D eigenvalue weighted by Crippen LogP contribution is -2.46. The largest absolute Gasteiger partial charge is 0.473 e. The molecule has 0 amide bonds. The molecule has 0 bridgehead atoms. The highest BCUT2D eigenvalue weighted by Crippen LogP contribution is 2.07. The third-order valence-corrected chi connectivity index (χ3v) is 3.13. The Kier molecular flexibility index (Phi) is 5.11. The van der Waals surface area contributed by atoms with Crippen LogP contribution >= 0.6 is 11.7 Å². The second kappa shape index (κ2) is 6.85. The van der Waals surface area contributed by atoms with Crippen LogP contribution in [0.2, 0.25) is 0 Å². The molecule has 0 aromatic carbocycles. The van der Waals surface area contributed by atoms with Gasteiger partial charge in [0, 0.05) is 19.6 Å². The molecular formula is C10H18N4O2S. The number of piperidine rings is 1. The molecule has 1 unspecified atom stereocenters. The Morgan fingerprint density at radius 3 is 3.00 bits per heavy atom. The molecule has 6 nitrogen and oxygen atoms in total. The lowest BCUT2D eigenvalue weighted by Gasteiger charge is -2.28. The molecular weight excluding hydrogens is 240 g/mol. The molecule has 2 rings (SSSR count). The Balaban J connectivity index is 1.58. The molecule has 1 atom stereocenters. The van der Waals surface area contributed by atoms with E-state index in [-0.39, 0.29) is 6.61 Å². The van der Waals surface area contributed by atoms with Crippen LogP contribution in [0.1, 0.15) is 19.3 Å². The summed E-state index contributed by atoms with van der Waals surface area (Å²) in [7, 11) is 0. The fourth-order valence-corrected chi connectivity index (χ4v) is 2.11. The SMILES string of the molecule is OC(CNN1CCCCC1)COc1cnsn1. The third-order valence-electron chi connectivity index (χ3n) is 2.67. The smallest absolute Gasteiger partial charge is 0.245 e. The van der Waals surface area contributed by atoms with Gasteiger partial charge in [-0.15, -0.1) is 4.37 Å². The van der Waals surface area contributed by atoms with Crippen LogP contribution in [-0.2, 0) is 0 Å². The molecule has 7 heteroatoms. The lowest BCUT2D eigenvalue weighted by atomic mass is 10.2. The van der Waals surface area contributed by atoms with E-state index < -0.39 is 6.10 Å².